The molecule has 0 radical (unpaired) electrons. The zero-order chi connectivity index (χ0) is 19.2. The molecular weight excluding hydrogens is 341 g/mol. The van der Waals surface area contributed by atoms with Crippen LogP contribution in [0.4, 0.5) is 15.8 Å². The Morgan fingerprint density at radius 3 is 2.59 bits per heavy atom. The van der Waals surface area contributed by atoms with Crippen LogP contribution in [0.5, 0.6) is 0 Å². The van der Waals surface area contributed by atoms with Crippen molar-refractivity contribution in [1.29, 1.82) is 0 Å². The molecule has 0 spiro atoms. The molecule has 2 N–H and O–H groups in total. The number of aromatic nitrogens is 1. The Kier molecular flexibility index (Phi) is 5.81. The molecule has 1 amide bonds. The Labute approximate surface area is 158 Å². The van der Waals surface area contributed by atoms with Crippen molar-refractivity contribution in [3.8, 4) is 0 Å². The lowest BCUT2D eigenvalue weighted by atomic mass is 10.1. The van der Waals surface area contributed by atoms with Crippen LogP contribution in [0.15, 0.2) is 60.9 Å². The van der Waals surface area contributed by atoms with Crippen LogP contribution in [0.3, 0.4) is 0 Å². The quantitative estimate of drug-likeness (QED) is 0.665. The van der Waals surface area contributed by atoms with Gasteiger partial charge in [-0.2, -0.15) is 0 Å². The maximum absolute atomic E-state index is 12.9. The number of anilines is 2. The summed E-state index contributed by atoms with van der Waals surface area (Å²) in [6.45, 7) is 4.61. The molecule has 5 heteroatoms. The summed E-state index contributed by atoms with van der Waals surface area (Å²) in [6, 6.07) is 14.2. The fourth-order valence-electron chi connectivity index (χ4n) is 2.73. The lowest BCUT2D eigenvalue weighted by molar-refractivity contribution is 0.102. The molecular formula is C22H22FN3O. The zero-order valence-electron chi connectivity index (χ0n) is 15.4. The number of hydrogen-bond donors (Lipinski definition) is 2. The summed E-state index contributed by atoms with van der Waals surface area (Å²) in [5.74, 6) is -0.433. The maximum Gasteiger partial charge on any atom is 0.257 e. The van der Waals surface area contributed by atoms with Gasteiger partial charge in [-0.15, -0.1) is 0 Å². The van der Waals surface area contributed by atoms with Crippen LogP contribution in [0, 0.1) is 19.7 Å². The number of amides is 1. The lowest BCUT2D eigenvalue weighted by Gasteiger charge is -2.11. The molecule has 0 aliphatic heterocycles. The summed E-state index contributed by atoms with van der Waals surface area (Å²) < 4.78 is 12.9. The van der Waals surface area contributed by atoms with Crippen molar-refractivity contribution < 1.29 is 9.18 Å². The highest BCUT2D eigenvalue weighted by molar-refractivity contribution is 6.05. The summed E-state index contributed by atoms with van der Waals surface area (Å²) in [4.78, 5) is 16.7. The standard InChI is InChI=1S/C22H22FN3O/c1-15-3-4-16(2)21(11-15)26-22(27)18-12-20(14-24-13-18)25-10-9-17-5-7-19(23)8-6-17/h3-8,11-14,25H,9-10H2,1-2H3,(H,26,27). The zero-order valence-corrected chi connectivity index (χ0v) is 15.4. The van der Waals surface area contributed by atoms with Crippen molar-refractivity contribution in [1.82, 2.24) is 4.98 Å². The fourth-order valence-corrected chi connectivity index (χ4v) is 2.73. The Balaban J connectivity index is 1.61. The number of carbonyl (C=O) groups is 1. The molecule has 3 rings (SSSR count). The first-order chi connectivity index (χ1) is 13.0. The molecule has 4 nitrogen and oxygen atoms in total. The summed E-state index contributed by atoms with van der Waals surface area (Å²) in [6.07, 6.45) is 3.98. The summed E-state index contributed by atoms with van der Waals surface area (Å²) in [5.41, 5.74) is 5.20. The summed E-state index contributed by atoms with van der Waals surface area (Å²) >= 11 is 0. The van der Waals surface area contributed by atoms with Gasteiger partial charge in [-0.1, -0.05) is 24.3 Å². The van der Waals surface area contributed by atoms with Crippen molar-refractivity contribution >= 4 is 17.3 Å². The molecule has 3 aromatic rings. The van der Waals surface area contributed by atoms with Crippen LogP contribution >= 0.6 is 0 Å². The first kappa shape index (κ1) is 18.6. The minimum atomic E-state index is -0.238. The van der Waals surface area contributed by atoms with E-state index in [1.165, 1.54) is 12.1 Å². The van der Waals surface area contributed by atoms with Gasteiger partial charge in [-0.25, -0.2) is 4.39 Å². The van der Waals surface area contributed by atoms with E-state index in [0.29, 0.717) is 12.1 Å². The van der Waals surface area contributed by atoms with Crippen LogP contribution in [0.25, 0.3) is 0 Å². The highest BCUT2D eigenvalue weighted by atomic mass is 19.1. The van der Waals surface area contributed by atoms with Crippen molar-refractivity contribution in [3.63, 3.8) is 0 Å². The van der Waals surface area contributed by atoms with Gasteiger partial charge in [0.1, 0.15) is 5.82 Å². The van der Waals surface area contributed by atoms with E-state index in [1.54, 1.807) is 30.6 Å². The minimum absolute atomic E-state index is 0.196. The molecule has 0 bridgehead atoms. The van der Waals surface area contributed by atoms with Gasteiger partial charge in [0.15, 0.2) is 0 Å². The predicted molar refractivity (Wildman–Crippen MR) is 107 cm³/mol. The number of benzene rings is 2. The van der Waals surface area contributed by atoms with Crippen molar-refractivity contribution in [2.24, 2.45) is 0 Å². The molecule has 0 fully saturated rings. The molecule has 138 valence electrons. The number of aryl methyl sites for hydroxylation is 2. The van der Waals surface area contributed by atoms with E-state index < -0.39 is 0 Å². The first-order valence-corrected chi connectivity index (χ1v) is 8.83. The molecule has 27 heavy (non-hydrogen) atoms. The normalized spacial score (nSPS) is 10.5. The number of hydrogen-bond acceptors (Lipinski definition) is 3. The fraction of sp³-hybridized carbons (Fsp3) is 0.182. The van der Waals surface area contributed by atoms with E-state index in [4.69, 9.17) is 0 Å². The SMILES string of the molecule is Cc1ccc(C)c(NC(=O)c2cncc(NCCc3ccc(F)cc3)c2)c1. The van der Waals surface area contributed by atoms with E-state index in [0.717, 1.165) is 34.5 Å². The van der Waals surface area contributed by atoms with Crippen molar-refractivity contribution in [2.45, 2.75) is 20.3 Å². The molecule has 0 atom stereocenters. The molecule has 0 aliphatic rings. The number of rotatable bonds is 6. The van der Waals surface area contributed by atoms with Crippen molar-refractivity contribution in [2.75, 3.05) is 17.2 Å². The number of nitrogens with zero attached hydrogens (tertiary/aromatic N) is 1. The number of nitrogens with one attached hydrogen (secondary N) is 2. The van der Waals surface area contributed by atoms with Gasteiger partial charge in [0, 0.05) is 24.6 Å². The Hall–Kier alpha value is -3.21. The Morgan fingerprint density at radius 1 is 1.04 bits per heavy atom. The highest BCUT2D eigenvalue weighted by Gasteiger charge is 2.09. The van der Waals surface area contributed by atoms with Gasteiger partial charge in [-0.05, 0) is 61.2 Å². The van der Waals surface area contributed by atoms with E-state index in [2.05, 4.69) is 15.6 Å². The number of carbonyl (C=O) groups excluding carboxylic acids is 1. The van der Waals surface area contributed by atoms with Gasteiger partial charge in [0.2, 0.25) is 0 Å². The topological polar surface area (TPSA) is 54.0 Å². The van der Waals surface area contributed by atoms with Crippen LogP contribution < -0.4 is 10.6 Å². The van der Waals surface area contributed by atoms with E-state index >= 15 is 0 Å². The van der Waals surface area contributed by atoms with Gasteiger partial charge >= 0.3 is 0 Å². The van der Waals surface area contributed by atoms with E-state index in [1.807, 2.05) is 32.0 Å². The molecule has 0 saturated carbocycles. The lowest BCUT2D eigenvalue weighted by Crippen LogP contribution is -2.14. The predicted octanol–water partition coefficient (Wildman–Crippen LogP) is 4.74. The van der Waals surface area contributed by atoms with Crippen LogP contribution in [0.2, 0.25) is 0 Å². The van der Waals surface area contributed by atoms with Gasteiger partial charge in [-0.3, -0.25) is 9.78 Å². The smallest absolute Gasteiger partial charge is 0.257 e. The first-order valence-electron chi connectivity index (χ1n) is 8.83. The largest absolute Gasteiger partial charge is 0.383 e. The second-order valence-corrected chi connectivity index (χ2v) is 6.54. The third-order valence-electron chi connectivity index (χ3n) is 4.30. The highest BCUT2D eigenvalue weighted by Crippen LogP contribution is 2.18. The molecule has 0 saturated heterocycles. The van der Waals surface area contributed by atoms with Crippen LogP contribution in [-0.4, -0.2) is 17.4 Å². The number of pyridine rings is 1. The Morgan fingerprint density at radius 2 is 1.81 bits per heavy atom. The average molecular weight is 363 g/mol. The monoisotopic (exact) mass is 363 g/mol. The second-order valence-electron chi connectivity index (χ2n) is 6.54. The van der Waals surface area contributed by atoms with E-state index in [9.17, 15) is 9.18 Å². The summed E-state index contributed by atoms with van der Waals surface area (Å²) in [5, 5.41) is 6.19. The molecule has 0 unspecified atom stereocenters. The molecule has 0 aliphatic carbocycles. The van der Waals surface area contributed by atoms with Gasteiger partial charge < -0.3 is 10.6 Å². The average Bonchev–Trinajstić information content (AvgIpc) is 2.66. The minimum Gasteiger partial charge on any atom is -0.383 e. The van der Waals surface area contributed by atoms with Crippen LogP contribution in [0.1, 0.15) is 27.0 Å². The van der Waals surface area contributed by atoms with Gasteiger partial charge in [0.25, 0.3) is 5.91 Å². The van der Waals surface area contributed by atoms with Crippen molar-refractivity contribution in [3.05, 3.63) is 89.0 Å². The van der Waals surface area contributed by atoms with Crippen LogP contribution in [-0.2, 0) is 6.42 Å². The maximum atomic E-state index is 12.9. The van der Waals surface area contributed by atoms with E-state index in [-0.39, 0.29) is 11.7 Å². The third-order valence-corrected chi connectivity index (χ3v) is 4.30. The second kappa shape index (κ2) is 8.45. The van der Waals surface area contributed by atoms with Gasteiger partial charge in [0.05, 0.1) is 11.3 Å². The summed E-state index contributed by atoms with van der Waals surface area (Å²) in [7, 11) is 0. The third kappa shape index (κ3) is 5.14. The molecule has 1 aromatic heterocycles. The Bertz CT molecular complexity index is 939. The molecule has 1 heterocycles. The molecule has 2 aromatic carbocycles. The number of halogens is 1.